The predicted molar refractivity (Wildman–Crippen MR) is 51.1 cm³/mol. The van der Waals surface area contributed by atoms with E-state index in [1.165, 1.54) is 6.07 Å². The van der Waals surface area contributed by atoms with Gasteiger partial charge < -0.3 is 5.73 Å². The van der Waals surface area contributed by atoms with Gasteiger partial charge in [-0.05, 0) is 24.5 Å². The average molecular weight is 215 g/mol. The Bertz CT molecular complexity index is 372. The molecule has 1 fully saturated rings. The summed E-state index contributed by atoms with van der Waals surface area (Å²) in [6.45, 7) is 0. The van der Waals surface area contributed by atoms with Crippen LogP contribution in [0.1, 0.15) is 18.4 Å². The van der Waals surface area contributed by atoms with Gasteiger partial charge in [-0.1, -0.05) is 6.07 Å². The number of rotatable bonds is 2. The highest BCUT2D eigenvalue weighted by molar-refractivity contribution is 5.22. The van der Waals surface area contributed by atoms with Crippen LogP contribution in [0.5, 0.6) is 0 Å². The Labute approximate surface area is 86.1 Å². The minimum atomic E-state index is -1.40. The van der Waals surface area contributed by atoms with Gasteiger partial charge in [-0.25, -0.2) is 13.2 Å². The van der Waals surface area contributed by atoms with Crippen molar-refractivity contribution < 1.29 is 13.2 Å². The largest absolute Gasteiger partial charge is 0.327 e. The lowest BCUT2D eigenvalue weighted by atomic mass is 9.74. The molecule has 1 aromatic carbocycles. The molecule has 1 aromatic rings. The van der Waals surface area contributed by atoms with Crippen LogP contribution in [0.25, 0.3) is 0 Å². The van der Waals surface area contributed by atoms with E-state index in [-0.39, 0.29) is 30.9 Å². The van der Waals surface area contributed by atoms with Crippen LogP contribution in [0, 0.1) is 11.6 Å². The third-order valence-corrected chi connectivity index (χ3v) is 2.78. The number of benzene rings is 1. The van der Waals surface area contributed by atoms with E-state index >= 15 is 0 Å². The van der Waals surface area contributed by atoms with Crippen LogP contribution in [0.4, 0.5) is 13.2 Å². The summed E-state index contributed by atoms with van der Waals surface area (Å²) in [5.41, 5.74) is 4.29. The van der Waals surface area contributed by atoms with Crippen molar-refractivity contribution in [2.45, 2.75) is 31.0 Å². The van der Waals surface area contributed by atoms with Crippen molar-refractivity contribution in [1.82, 2.24) is 0 Å². The zero-order valence-corrected chi connectivity index (χ0v) is 8.14. The molecule has 0 spiro atoms. The van der Waals surface area contributed by atoms with Crippen molar-refractivity contribution in [3.05, 3.63) is 35.4 Å². The van der Waals surface area contributed by atoms with E-state index < -0.39 is 17.3 Å². The van der Waals surface area contributed by atoms with Gasteiger partial charge in [-0.2, -0.15) is 0 Å². The summed E-state index contributed by atoms with van der Waals surface area (Å²) in [6.07, 6.45) is 0.487. The maximum atomic E-state index is 13.8. The van der Waals surface area contributed by atoms with Crippen molar-refractivity contribution in [3.8, 4) is 0 Å². The van der Waals surface area contributed by atoms with Crippen molar-refractivity contribution in [3.63, 3.8) is 0 Å². The first-order chi connectivity index (χ1) is 6.98. The number of alkyl halides is 1. The summed E-state index contributed by atoms with van der Waals surface area (Å²) in [6, 6.07) is 3.08. The third kappa shape index (κ3) is 2.15. The molecule has 1 aliphatic rings. The second kappa shape index (κ2) is 3.52. The van der Waals surface area contributed by atoms with Gasteiger partial charge in [0.15, 0.2) is 0 Å². The van der Waals surface area contributed by atoms with Crippen LogP contribution < -0.4 is 5.73 Å². The molecular formula is C11H12F3N. The highest BCUT2D eigenvalue weighted by Crippen LogP contribution is 2.38. The zero-order valence-electron chi connectivity index (χ0n) is 8.14. The first-order valence-corrected chi connectivity index (χ1v) is 4.87. The van der Waals surface area contributed by atoms with Crippen LogP contribution in [-0.2, 0) is 6.42 Å². The van der Waals surface area contributed by atoms with Crippen molar-refractivity contribution in [1.29, 1.82) is 0 Å². The van der Waals surface area contributed by atoms with Gasteiger partial charge in [0.05, 0.1) is 0 Å². The molecule has 82 valence electrons. The van der Waals surface area contributed by atoms with E-state index in [1.54, 1.807) is 0 Å². The SMILES string of the molecule is NC1CC(F)(Cc2ccc(F)cc2F)C1. The van der Waals surface area contributed by atoms with E-state index in [0.717, 1.165) is 12.1 Å². The average Bonchev–Trinajstić information content (AvgIpc) is 2.08. The molecule has 1 aliphatic carbocycles. The zero-order chi connectivity index (χ0) is 11.1. The van der Waals surface area contributed by atoms with Gasteiger partial charge in [0.25, 0.3) is 0 Å². The maximum absolute atomic E-state index is 13.8. The number of hydrogen-bond acceptors (Lipinski definition) is 1. The Morgan fingerprint density at radius 3 is 2.53 bits per heavy atom. The number of nitrogens with two attached hydrogens (primary N) is 1. The van der Waals surface area contributed by atoms with Crippen molar-refractivity contribution >= 4 is 0 Å². The fourth-order valence-corrected chi connectivity index (χ4v) is 2.03. The first-order valence-electron chi connectivity index (χ1n) is 4.87. The molecule has 15 heavy (non-hydrogen) atoms. The predicted octanol–water partition coefficient (Wildman–Crippen LogP) is 2.34. The smallest absolute Gasteiger partial charge is 0.129 e. The summed E-state index contributed by atoms with van der Waals surface area (Å²) < 4.78 is 39.6. The van der Waals surface area contributed by atoms with Crippen molar-refractivity contribution in [2.24, 2.45) is 5.73 Å². The Balaban J connectivity index is 2.11. The topological polar surface area (TPSA) is 26.0 Å². The molecule has 0 aromatic heterocycles. The second-order valence-corrected chi connectivity index (χ2v) is 4.23. The summed E-state index contributed by atoms with van der Waals surface area (Å²) in [5, 5.41) is 0. The van der Waals surface area contributed by atoms with Crippen LogP contribution in [-0.4, -0.2) is 11.7 Å². The molecule has 4 heteroatoms. The lowest BCUT2D eigenvalue weighted by Gasteiger charge is -2.39. The van der Waals surface area contributed by atoms with Gasteiger partial charge in [0.2, 0.25) is 0 Å². The summed E-state index contributed by atoms with van der Waals surface area (Å²) in [4.78, 5) is 0. The fourth-order valence-electron chi connectivity index (χ4n) is 2.03. The Kier molecular flexibility index (Phi) is 2.46. The Morgan fingerprint density at radius 1 is 1.33 bits per heavy atom. The van der Waals surface area contributed by atoms with Gasteiger partial charge >= 0.3 is 0 Å². The molecule has 0 amide bonds. The maximum Gasteiger partial charge on any atom is 0.129 e. The van der Waals surface area contributed by atoms with Crippen molar-refractivity contribution in [2.75, 3.05) is 0 Å². The highest BCUT2D eigenvalue weighted by atomic mass is 19.1. The van der Waals surface area contributed by atoms with Gasteiger partial charge in [0, 0.05) is 18.5 Å². The molecule has 1 saturated carbocycles. The highest BCUT2D eigenvalue weighted by Gasteiger charge is 2.43. The Morgan fingerprint density at radius 2 is 2.00 bits per heavy atom. The monoisotopic (exact) mass is 215 g/mol. The molecular weight excluding hydrogens is 203 g/mol. The standard InChI is InChI=1S/C11H12F3N/c12-8-2-1-7(10(13)3-8)4-11(14)5-9(15)6-11/h1-3,9H,4-6,15H2. The van der Waals surface area contributed by atoms with E-state index in [1.807, 2.05) is 0 Å². The van der Waals surface area contributed by atoms with Gasteiger partial charge in [-0.3, -0.25) is 0 Å². The summed E-state index contributed by atoms with van der Waals surface area (Å²) in [5.74, 6) is -1.33. The Hall–Kier alpha value is -1.03. The minimum Gasteiger partial charge on any atom is -0.327 e. The van der Waals surface area contributed by atoms with E-state index in [4.69, 9.17) is 5.73 Å². The molecule has 0 atom stereocenters. The van der Waals surface area contributed by atoms with Crippen LogP contribution >= 0.6 is 0 Å². The van der Waals surface area contributed by atoms with E-state index in [9.17, 15) is 13.2 Å². The third-order valence-electron chi connectivity index (χ3n) is 2.78. The number of halogens is 3. The molecule has 2 N–H and O–H groups in total. The molecule has 0 saturated heterocycles. The number of hydrogen-bond donors (Lipinski definition) is 1. The van der Waals surface area contributed by atoms with Gasteiger partial charge in [0.1, 0.15) is 17.3 Å². The lowest BCUT2D eigenvalue weighted by molar-refractivity contribution is 0.0435. The fraction of sp³-hybridized carbons (Fsp3) is 0.455. The summed E-state index contributed by atoms with van der Waals surface area (Å²) >= 11 is 0. The minimum absolute atomic E-state index is 0.0210. The second-order valence-electron chi connectivity index (χ2n) is 4.23. The molecule has 0 bridgehead atoms. The molecule has 0 aliphatic heterocycles. The van der Waals surface area contributed by atoms with Crippen LogP contribution in [0.3, 0.4) is 0 Å². The molecule has 0 unspecified atom stereocenters. The lowest BCUT2D eigenvalue weighted by Crippen LogP contribution is -2.49. The van der Waals surface area contributed by atoms with Gasteiger partial charge in [-0.15, -0.1) is 0 Å². The molecule has 2 rings (SSSR count). The van der Waals surface area contributed by atoms with E-state index in [2.05, 4.69) is 0 Å². The first kappa shape index (κ1) is 10.5. The van der Waals surface area contributed by atoms with Crippen LogP contribution in [0.15, 0.2) is 18.2 Å². The quantitative estimate of drug-likeness (QED) is 0.805. The normalized spacial score (nSPS) is 30.0. The molecule has 1 nitrogen and oxygen atoms in total. The van der Waals surface area contributed by atoms with Crippen LogP contribution in [0.2, 0.25) is 0 Å². The van der Waals surface area contributed by atoms with E-state index in [0.29, 0.717) is 0 Å². The summed E-state index contributed by atoms with van der Waals surface area (Å²) in [7, 11) is 0. The molecule has 0 heterocycles. The molecule has 0 radical (unpaired) electrons.